The van der Waals surface area contributed by atoms with Crippen LogP contribution in [0.15, 0.2) is 0 Å². The lowest BCUT2D eigenvalue weighted by molar-refractivity contribution is -0.122. The molecule has 0 aliphatic carbocycles. The zero-order valence-electron chi connectivity index (χ0n) is 3.85. The summed E-state index contributed by atoms with van der Waals surface area (Å²) in [6.07, 6.45) is 0. The van der Waals surface area contributed by atoms with E-state index in [0.717, 1.165) is 0 Å². The van der Waals surface area contributed by atoms with Crippen LogP contribution in [-0.4, -0.2) is 24.9 Å². The molecule has 7 heteroatoms. The molecule has 0 atom stereocenters. The minimum absolute atomic E-state index is 0. The first-order chi connectivity index (χ1) is 3.15. The Bertz CT molecular complexity index is 59.4. The lowest BCUT2D eigenvalue weighted by Crippen LogP contribution is -1.74. The number of rotatable bonds is 0. The molecule has 0 amide bonds. The van der Waals surface area contributed by atoms with E-state index in [-0.39, 0.29) is 12.6 Å². The number of carbonyl (C=O) groups is 1. The Morgan fingerprint density at radius 3 is 1.38 bits per heavy atom. The first kappa shape index (κ1) is 15.6. The van der Waals surface area contributed by atoms with Gasteiger partial charge in [0.15, 0.2) is 0 Å². The molecule has 0 unspecified atom stereocenters. The largest absolute Gasteiger partial charge is 0.483 e. The SMILES string of the molecule is N.O=CO.O=S(O)O. The highest BCUT2D eigenvalue weighted by Crippen LogP contribution is 1.44. The number of hydrogen-bond donors (Lipinski definition) is 4. The lowest BCUT2D eigenvalue weighted by Gasteiger charge is -1.59. The molecule has 0 radical (unpaired) electrons. The van der Waals surface area contributed by atoms with Gasteiger partial charge in [0.1, 0.15) is 0 Å². The smallest absolute Gasteiger partial charge is 0.299 e. The summed E-state index contributed by atoms with van der Waals surface area (Å²) in [4.78, 5) is 8.36. The van der Waals surface area contributed by atoms with Crippen LogP contribution >= 0.6 is 0 Å². The van der Waals surface area contributed by atoms with E-state index in [0.29, 0.717) is 0 Å². The molecule has 0 saturated carbocycles. The molecule has 0 bridgehead atoms. The Labute approximate surface area is 48.2 Å². The van der Waals surface area contributed by atoms with Crippen LogP contribution < -0.4 is 6.15 Å². The van der Waals surface area contributed by atoms with E-state index in [1.54, 1.807) is 0 Å². The number of hydrogen-bond acceptors (Lipinski definition) is 3. The second-order valence-corrected chi connectivity index (χ2v) is 0.798. The Balaban J connectivity index is -0.0000000575. The fraction of sp³-hybridized carbons (Fsp3) is 0. The average molecular weight is 145 g/mol. The molecule has 6 N–H and O–H groups in total. The van der Waals surface area contributed by atoms with Crippen LogP contribution in [0.4, 0.5) is 0 Å². The third-order valence-corrected chi connectivity index (χ3v) is 0. The summed E-state index contributed by atoms with van der Waals surface area (Å²) < 4.78 is 22.8. The molecule has 0 saturated heterocycles. The van der Waals surface area contributed by atoms with Gasteiger partial charge in [-0.1, -0.05) is 0 Å². The molecule has 0 aliphatic rings. The highest BCUT2D eigenvalue weighted by molar-refractivity contribution is 7.73. The molecule has 0 aromatic carbocycles. The molecule has 52 valence electrons. The number of carboxylic acid groups (broad SMARTS) is 1. The summed E-state index contributed by atoms with van der Waals surface area (Å²) in [5.41, 5.74) is 0. The first-order valence-electron chi connectivity index (χ1n) is 1.03. The van der Waals surface area contributed by atoms with Crippen molar-refractivity contribution in [2.45, 2.75) is 0 Å². The van der Waals surface area contributed by atoms with Crippen molar-refractivity contribution in [2.24, 2.45) is 0 Å². The Hall–Kier alpha value is -0.500. The summed E-state index contributed by atoms with van der Waals surface area (Å²) >= 11 is -2.61. The van der Waals surface area contributed by atoms with E-state index in [1.165, 1.54) is 0 Å². The molecule has 8 heavy (non-hydrogen) atoms. The van der Waals surface area contributed by atoms with Crippen molar-refractivity contribution in [3.05, 3.63) is 0 Å². The highest BCUT2D eigenvalue weighted by atomic mass is 32.2. The molecule has 0 heterocycles. The van der Waals surface area contributed by atoms with Crippen molar-refractivity contribution in [1.29, 1.82) is 0 Å². The van der Waals surface area contributed by atoms with Gasteiger partial charge < -0.3 is 11.3 Å². The third-order valence-electron chi connectivity index (χ3n) is 0. The Morgan fingerprint density at radius 2 is 1.38 bits per heavy atom. The molecule has 0 rings (SSSR count). The second-order valence-electron chi connectivity index (χ2n) is 0.336. The fourth-order valence-electron chi connectivity index (χ4n) is 0. The lowest BCUT2D eigenvalue weighted by atomic mass is 11.7. The third kappa shape index (κ3) is 446. The zero-order valence-corrected chi connectivity index (χ0v) is 4.67. The predicted octanol–water partition coefficient (Wildman–Crippen LogP) is -0.456. The van der Waals surface area contributed by atoms with E-state index in [2.05, 4.69) is 0 Å². The summed E-state index contributed by atoms with van der Waals surface area (Å²) in [5, 5.41) is 6.89. The average Bonchev–Trinajstić information content (AvgIpc) is 1.33. The quantitative estimate of drug-likeness (QED) is 0.269. The minimum Gasteiger partial charge on any atom is -0.483 e. The molecule has 0 aliphatic heterocycles. The summed E-state index contributed by atoms with van der Waals surface area (Å²) in [6.45, 7) is -0.250. The van der Waals surface area contributed by atoms with Crippen molar-refractivity contribution < 1.29 is 23.2 Å². The summed E-state index contributed by atoms with van der Waals surface area (Å²) in [5.74, 6) is 0. The Kier molecular flexibility index (Phi) is 31.4. The van der Waals surface area contributed by atoms with Crippen molar-refractivity contribution in [3.63, 3.8) is 0 Å². The van der Waals surface area contributed by atoms with E-state index < -0.39 is 11.4 Å². The van der Waals surface area contributed by atoms with Gasteiger partial charge in [-0.2, -0.15) is 4.21 Å². The normalized spacial score (nSPS) is 5.88. The second kappa shape index (κ2) is 16.1. The minimum atomic E-state index is -2.61. The zero-order chi connectivity index (χ0) is 6.28. The maximum absolute atomic E-state index is 8.67. The van der Waals surface area contributed by atoms with E-state index in [4.69, 9.17) is 23.2 Å². The monoisotopic (exact) mass is 145 g/mol. The van der Waals surface area contributed by atoms with Gasteiger partial charge in [-0.05, 0) is 0 Å². The van der Waals surface area contributed by atoms with Crippen LogP contribution in [-0.2, 0) is 16.2 Å². The van der Waals surface area contributed by atoms with Crippen LogP contribution in [0.2, 0.25) is 0 Å². The molecular formula is CH7NO5S. The van der Waals surface area contributed by atoms with Crippen LogP contribution in [0.3, 0.4) is 0 Å². The molecule has 6 nitrogen and oxygen atoms in total. The van der Waals surface area contributed by atoms with Crippen LogP contribution in [0, 0.1) is 0 Å². The predicted molar refractivity (Wildman–Crippen MR) is 27.1 cm³/mol. The van der Waals surface area contributed by atoms with Gasteiger partial charge in [-0.15, -0.1) is 0 Å². The molecule has 0 aromatic rings. The van der Waals surface area contributed by atoms with Crippen molar-refractivity contribution in [3.8, 4) is 0 Å². The first-order valence-corrected chi connectivity index (χ1v) is 2.09. The summed E-state index contributed by atoms with van der Waals surface area (Å²) in [6, 6.07) is 0. The van der Waals surface area contributed by atoms with Crippen molar-refractivity contribution >= 4 is 17.8 Å². The van der Waals surface area contributed by atoms with Crippen LogP contribution in [0.5, 0.6) is 0 Å². The van der Waals surface area contributed by atoms with Gasteiger partial charge in [0.25, 0.3) is 17.8 Å². The van der Waals surface area contributed by atoms with Gasteiger partial charge in [-0.3, -0.25) is 13.9 Å². The van der Waals surface area contributed by atoms with Crippen molar-refractivity contribution in [1.82, 2.24) is 6.15 Å². The van der Waals surface area contributed by atoms with E-state index in [1.807, 2.05) is 0 Å². The van der Waals surface area contributed by atoms with Gasteiger partial charge >= 0.3 is 0 Å². The van der Waals surface area contributed by atoms with Crippen LogP contribution in [0.25, 0.3) is 0 Å². The van der Waals surface area contributed by atoms with Gasteiger partial charge in [0, 0.05) is 0 Å². The van der Waals surface area contributed by atoms with Gasteiger partial charge in [0.2, 0.25) is 0 Å². The summed E-state index contributed by atoms with van der Waals surface area (Å²) in [7, 11) is 0. The highest BCUT2D eigenvalue weighted by Gasteiger charge is 1.62. The standard InChI is InChI=1S/CH2O2.H3N.H2O3S/c2-1-3;;1-4(2)3/h1H,(H,2,3);1H3;(H2,1,2,3). The topological polar surface area (TPSA) is 130 Å². The molecular weight excluding hydrogens is 138 g/mol. The van der Waals surface area contributed by atoms with E-state index >= 15 is 0 Å². The van der Waals surface area contributed by atoms with Crippen molar-refractivity contribution in [2.75, 3.05) is 0 Å². The molecule has 0 aromatic heterocycles. The van der Waals surface area contributed by atoms with Crippen LogP contribution in [0.1, 0.15) is 0 Å². The van der Waals surface area contributed by atoms with Gasteiger partial charge in [-0.25, -0.2) is 0 Å². The van der Waals surface area contributed by atoms with E-state index in [9.17, 15) is 0 Å². The molecule has 0 fully saturated rings. The van der Waals surface area contributed by atoms with Gasteiger partial charge in [0.05, 0.1) is 0 Å². The maximum atomic E-state index is 8.67. The maximum Gasteiger partial charge on any atom is 0.299 e. The Morgan fingerprint density at radius 1 is 1.38 bits per heavy atom. The fourth-order valence-corrected chi connectivity index (χ4v) is 0. The molecule has 0 spiro atoms.